The van der Waals surface area contributed by atoms with Gasteiger partial charge in [0.05, 0.1) is 18.5 Å². The van der Waals surface area contributed by atoms with E-state index in [4.69, 9.17) is 17.2 Å². The third-order valence-electron chi connectivity index (χ3n) is 12.7. The number of hydrogen-bond donors (Lipinski definition) is 12. The number of nitrogens with one attached hydrogen (secondary N) is 7. The van der Waals surface area contributed by atoms with Gasteiger partial charge in [0.1, 0.15) is 60.1 Å². The van der Waals surface area contributed by atoms with Crippen LogP contribution in [-0.4, -0.2) is 142 Å². The van der Waals surface area contributed by atoms with Crippen molar-refractivity contribution < 1.29 is 58.2 Å². The van der Waals surface area contributed by atoms with E-state index in [9.17, 15) is 58.2 Å². The maximum atomic E-state index is 14.3. The lowest BCUT2D eigenvalue weighted by Crippen LogP contribution is -2.61. The Morgan fingerprint density at radius 2 is 1.15 bits per heavy atom. The number of aldehydes is 1. The zero-order valence-corrected chi connectivity index (χ0v) is 43.2. The van der Waals surface area contributed by atoms with Gasteiger partial charge in [0, 0.05) is 19.4 Å². The molecule has 23 heteroatoms. The lowest BCUT2D eigenvalue weighted by Gasteiger charge is -2.30. The Morgan fingerprint density at radius 3 is 1.65 bits per heavy atom. The average Bonchev–Trinajstić information content (AvgIpc) is 3.85. The number of amides is 9. The van der Waals surface area contributed by atoms with Crippen molar-refractivity contribution in [2.24, 2.45) is 29.0 Å². The summed E-state index contributed by atoms with van der Waals surface area (Å²) in [6.07, 6.45) is 2.52. The summed E-state index contributed by atoms with van der Waals surface area (Å²) in [5.41, 5.74) is 18.0. The van der Waals surface area contributed by atoms with Crippen LogP contribution in [0.3, 0.4) is 0 Å². The molecule has 2 aromatic carbocycles. The summed E-state index contributed by atoms with van der Waals surface area (Å²) in [7, 11) is 0. The standard InChI is InChI=1S/C51H77N11O12/c1-7-29(4)41(27-63)61-50(73)42-12-10-22-62(42)51(74)31(6)56-46(69)38(24-32-13-17-34(64)18-14-32)58-49(72)40(26-43(54)66)60-48(71)39(25-33-15-19-35(65)20-16-33)59-47(70)37(23-28(2)3)57-44(67)30(5)55-45(68)36(53)11-8-9-21-52/h13-20,27-31,36-42,64-65H,7-12,21-26,52-53H2,1-6H3,(H2,54,66)(H,55,68)(H,56,69)(H,57,67)(H,58,72)(H,59,70)(H,60,71)(H,61,73)/t29-,30-,31-,36-,37-,38-,39-,40-,41+,42-/m0/s1. The molecule has 0 aliphatic carbocycles. The van der Waals surface area contributed by atoms with Crippen molar-refractivity contribution in [2.45, 2.75) is 160 Å². The van der Waals surface area contributed by atoms with Crippen molar-refractivity contribution in [2.75, 3.05) is 13.1 Å². The zero-order chi connectivity index (χ0) is 55.2. The van der Waals surface area contributed by atoms with Crippen LogP contribution in [0.5, 0.6) is 11.5 Å². The van der Waals surface area contributed by atoms with Crippen molar-refractivity contribution in [1.29, 1.82) is 0 Å². The van der Waals surface area contributed by atoms with Crippen LogP contribution in [0, 0.1) is 11.8 Å². The summed E-state index contributed by atoms with van der Waals surface area (Å²) in [6.45, 7) is 10.7. The van der Waals surface area contributed by atoms with Gasteiger partial charge in [-0.25, -0.2) is 0 Å². The Labute approximate surface area is 432 Å². The molecule has 10 atom stereocenters. The molecule has 74 heavy (non-hydrogen) atoms. The Bertz CT molecular complexity index is 2250. The van der Waals surface area contributed by atoms with E-state index in [2.05, 4.69) is 37.2 Å². The van der Waals surface area contributed by atoms with Crippen LogP contribution >= 0.6 is 0 Å². The number of likely N-dealkylation sites (tertiary alicyclic amines) is 1. The van der Waals surface area contributed by atoms with Gasteiger partial charge in [-0.1, -0.05) is 64.8 Å². The highest BCUT2D eigenvalue weighted by atomic mass is 16.3. The molecule has 9 amide bonds. The Kier molecular flexibility index (Phi) is 24.9. The molecule has 0 aromatic heterocycles. The van der Waals surface area contributed by atoms with Crippen molar-refractivity contribution >= 4 is 59.5 Å². The summed E-state index contributed by atoms with van der Waals surface area (Å²) < 4.78 is 0. The zero-order valence-electron chi connectivity index (χ0n) is 43.2. The summed E-state index contributed by atoms with van der Waals surface area (Å²) in [4.78, 5) is 136. The minimum Gasteiger partial charge on any atom is -0.508 e. The van der Waals surface area contributed by atoms with Crippen LogP contribution in [0.4, 0.5) is 0 Å². The molecule has 0 unspecified atom stereocenters. The van der Waals surface area contributed by atoms with Gasteiger partial charge >= 0.3 is 0 Å². The van der Waals surface area contributed by atoms with E-state index in [0.29, 0.717) is 62.5 Å². The molecule has 23 nitrogen and oxygen atoms in total. The van der Waals surface area contributed by atoms with E-state index in [1.807, 2.05) is 13.8 Å². The number of benzene rings is 2. The first-order valence-corrected chi connectivity index (χ1v) is 25.2. The minimum atomic E-state index is -1.75. The van der Waals surface area contributed by atoms with Crippen LogP contribution in [0.15, 0.2) is 48.5 Å². The smallest absolute Gasteiger partial charge is 0.245 e. The van der Waals surface area contributed by atoms with Crippen LogP contribution < -0.4 is 54.4 Å². The van der Waals surface area contributed by atoms with E-state index < -0.39 is 114 Å². The van der Waals surface area contributed by atoms with E-state index in [-0.39, 0.29) is 49.1 Å². The Balaban J connectivity index is 1.89. The second-order valence-electron chi connectivity index (χ2n) is 19.4. The second kappa shape index (κ2) is 30.2. The van der Waals surface area contributed by atoms with Gasteiger partial charge in [-0.2, -0.15) is 0 Å². The molecule has 0 bridgehead atoms. The molecule has 0 spiro atoms. The first-order chi connectivity index (χ1) is 35.0. The van der Waals surface area contributed by atoms with Crippen molar-refractivity contribution in [3.05, 3.63) is 59.7 Å². The molecule has 15 N–H and O–H groups in total. The third kappa shape index (κ3) is 19.7. The normalized spacial score (nSPS) is 16.9. The fourth-order valence-electron chi connectivity index (χ4n) is 8.16. The van der Waals surface area contributed by atoms with Crippen LogP contribution in [-0.2, 0) is 60.8 Å². The highest BCUT2D eigenvalue weighted by Gasteiger charge is 2.39. The van der Waals surface area contributed by atoms with Gasteiger partial charge in [-0.3, -0.25) is 43.2 Å². The molecule has 1 aliphatic rings. The summed E-state index contributed by atoms with van der Waals surface area (Å²) >= 11 is 0. The molecule has 3 rings (SSSR count). The first-order valence-electron chi connectivity index (χ1n) is 25.2. The number of unbranched alkanes of at least 4 members (excludes halogenated alkanes) is 1. The largest absolute Gasteiger partial charge is 0.508 e. The molecule has 0 saturated carbocycles. The van der Waals surface area contributed by atoms with E-state index >= 15 is 0 Å². The number of phenols is 2. The Morgan fingerprint density at radius 1 is 0.662 bits per heavy atom. The molecular weight excluding hydrogens is 959 g/mol. The third-order valence-corrected chi connectivity index (χ3v) is 12.7. The number of aromatic hydroxyl groups is 2. The maximum absolute atomic E-state index is 14.3. The lowest BCUT2D eigenvalue weighted by molar-refractivity contribution is -0.142. The quantitative estimate of drug-likeness (QED) is 0.0328. The van der Waals surface area contributed by atoms with Gasteiger partial charge < -0.3 is 74.3 Å². The molecule has 1 fully saturated rings. The number of nitrogens with zero attached hydrogens (tertiary/aromatic N) is 1. The van der Waals surface area contributed by atoms with Crippen molar-refractivity contribution in [1.82, 2.24) is 42.1 Å². The molecule has 1 saturated heterocycles. The van der Waals surface area contributed by atoms with Gasteiger partial charge in [-0.15, -0.1) is 0 Å². The van der Waals surface area contributed by atoms with Crippen molar-refractivity contribution in [3.8, 4) is 11.5 Å². The summed E-state index contributed by atoms with van der Waals surface area (Å²) in [6, 6.07) is 0.453. The molecule has 408 valence electrons. The number of phenolic OH excluding ortho intramolecular Hbond substituents is 2. The van der Waals surface area contributed by atoms with E-state index in [0.717, 1.165) is 0 Å². The van der Waals surface area contributed by atoms with E-state index in [1.54, 1.807) is 13.8 Å². The predicted octanol–water partition coefficient (Wildman–Crippen LogP) is -1.07. The molecule has 2 aromatic rings. The highest BCUT2D eigenvalue weighted by Crippen LogP contribution is 2.20. The van der Waals surface area contributed by atoms with Crippen LogP contribution in [0.2, 0.25) is 0 Å². The number of primary amides is 1. The predicted molar refractivity (Wildman–Crippen MR) is 273 cm³/mol. The van der Waals surface area contributed by atoms with Crippen LogP contribution in [0.25, 0.3) is 0 Å². The number of carbonyl (C=O) groups excluding carboxylic acids is 10. The molecular formula is C51H77N11O12. The average molecular weight is 1040 g/mol. The highest BCUT2D eigenvalue weighted by molar-refractivity contribution is 5.99. The van der Waals surface area contributed by atoms with Gasteiger partial charge in [-0.05, 0) is 99.7 Å². The first kappa shape index (κ1) is 61.2. The van der Waals surface area contributed by atoms with E-state index in [1.165, 1.54) is 67.3 Å². The topological polar surface area (TPSA) is 377 Å². The summed E-state index contributed by atoms with van der Waals surface area (Å²) in [5, 5.41) is 38.1. The second-order valence-corrected chi connectivity index (χ2v) is 19.4. The van der Waals surface area contributed by atoms with Gasteiger partial charge in [0.15, 0.2) is 0 Å². The number of carbonyl (C=O) groups is 10. The Hall–Kier alpha value is -7.14. The molecule has 0 radical (unpaired) electrons. The number of nitrogens with two attached hydrogens (primary N) is 3. The number of rotatable bonds is 30. The fourth-order valence-corrected chi connectivity index (χ4v) is 8.16. The summed E-state index contributed by atoms with van der Waals surface area (Å²) in [5.74, 6) is -7.69. The number of hydrogen-bond acceptors (Lipinski definition) is 14. The lowest BCUT2D eigenvalue weighted by atomic mass is 10.00. The van der Waals surface area contributed by atoms with Gasteiger partial charge in [0.25, 0.3) is 0 Å². The van der Waals surface area contributed by atoms with Crippen molar-refractivity contribution in [3.63, 3.8) is 0 Å². The van der Waals surface area contributed by atoms with Gasteiger partial charge in [0.2, 0.25) is 53.2 Å². The minimum absolute atomic E-state index is 0.0833. The maximum Gasteiger partial charge on any atom is 0.245 e. The van der Waals surface area contributed by atoms with Crippen LogP contribution in [0.1, 0.15) is 104 Å². The monoisotopic (exact) mass is 1040 g/mol. The SMILES string of the molecule is CC[C@H](C)[C@@H](C=O)NC(=O)[C@@H]1CCCN1C(=O)[C@H](C)NC(=O)[C@H](Cc1ccc(O)cc1)NC(=O)[C@H](CC(N)=O)NC(=O)[C@H](Cc1ccc(O)cc1)NC(=O)[C@H](CC(C)C)NC(=O)[C@H](C)NC(=O)[C@@H](N)CCCCN. The fraction of sp³-hybridized carbons (Fsp3) is 0.569. The molecule has 1 heterocycles. The molecule has 1 aliphatic heterocycles.